The number of benzene rings is 3. The molecule has 6 heteroatoms. The summed E-state index contributed by atoms with van der Waals surface area (Å²) >= 11 is 0. The highest BCUT2D eigenvalue weighted by atomic mass is 16.5. The summed E-state index contributed by atoms with van der Waals surface area (Å²) in [4.78, 5) is 17.0. The molecule has 0 N–H and O–H groups in total. The third kappa shape index (κ3) is 5.76. The molecule has 1 heterocycles. The van der Waals surface area contributed by atoms with Crippen molar-refractivity contribution in [3.8, 4) is 11.5 Å². The number of fused-ring (bicyclic) bond motifs is 1. The Labute approximate surface area is 217 Å². The van der Waals surface area contributed by atoms with E-state index in [2.05, 4.69) is 24.3 Å². The van der Waals surface area contributed by atoms with Gasteiger partial charge in [-0.05, 0) is 73.6 Å². The molecule has 4 aromatic rings. The normalized spacial score (nSPS) is 17.7. The zero-order valence-corrected chi connectivity index (χ0v) is 21.7. The van der Waals surface area contributed by atoms with E-state index in [1.54, 1.807) is 0 Å². The minimum atomic E-state index is -0.326. The molecule has 37 heavy (non-hydrogen) atoms. The summed E-state index contributed by atoms with van der Waals surface area (Å²) in [5.41, 5.74) is 4.13. The zero-order valence-electron chi connectivity index (χ0n) is 21.7. The van der Waals surface area contributed by atoms with Crippen molar-refractivity contribution < 1.29 is 23.4 Å². The van der Waals surface area contributed by atoms with Crippen LogP contribution in [0.1, 0.15) is 58.6 Å². The summed E-state index contributed by atoms with van der Waals surface area (Å²) < 4.78 is 23.5. The minimum Gasteiger partial charge on any atom is -0.465 e. The predicted octanol–water partition coefficient (Wildman–Crippen LogP) is 6.94. The highest BCUT2D eigenvalue weighted by molar-refractivity contribution is 5.92. The van der Waals surface area contributed by atoms with E-state index in [-0.39, 0.29) is 18.2 Å². The average Bonchev–Trinajstić information content (AvgIpc) is 3.30. The van der Waals surface area contributed by atoms with E-state index in [1.807, 2.05) is 50.2 Å². The first kappa shape index (κ1) is 25.2. The van der Waals surface area contributed by atoms with Gasteiger partial charge in [0.25, 0.3) is 0 Å². The topological polar surface area (TPSA) is 70.8 Å². The van der Waals surface area contributed by atoms with Gasteiger partial charge in [0.1, 0.15) is 11.5 Å². The number of methoxy groups -OCH3 is 1. The number of hydrogen-bond donors (Lipinski definition) is 0. The minimum absolute atomic E-state index is 0.0799. The van der Waals surface area contributed by atoms with E-state index in [0.717, 1.165) is 59.2 Å². The highest BCUT2D eigenvalue weighted by Gasteiger charge is 2.25. The molecule has 1 aliphatic rings. The summed E-state index contributed by atoms with van der Waals surface area (Å²) in [6.07, 6.45) is 3.99. The Kier molecular flexibility index (Phi) is 7.68. The molecule has 3 aromatic carbocycles. The number of oxazole rings is 1. The van der Waals surface area contributed by atoms with Gasteiger partial charge in [0.2, 0.25) is 5.89 Å². The fraction of sp³-hybridized carbons (Fsp3) is 0.355. The number of ether oxygens (including phenoxy) is 3. The first-order valence-corrected chi connectivity index (χ1v) is 12.9. The molecule has 0 aliphatic heterocycles. The van der Waals surface area contributed by atoms with Gasteiger partial charge in [-0.1, -0.05) is 48.5 Å². The van der Waals surface area contributed by atoms with Crippen LogP contribution >= 0.6 is 0 Å². The molecule has 5 rings (SSSR count). The Morgan fingerprint density at radius 2 is 1.70 bits per heavy atom. The molecule has 0 radical (unpaired) electrons. The molecular weight excluding hydrogens is 466 g/mol. The number of aromatic nitrogens is 1. The van der Waals surface area contributed by atoms with E-state index in [4.69, 9.17) is 23.6 Å². The lowest BCUT2D eigenvalue weighted by Crippen LogP contribution is -2.28. The van der Waals surface area contributed by atoms with Crippen molar-refractivity contribution in [2.24, 2.45) is 0 Å². The number of esters is 1. The number of carbonyl (C=O) groups is 1. The van der Waals surface area contributed by atoms with Gasteiger partial charge in [-0.3, -0.25) is 0 Å². The largest absolute Gasteiger partial charge is 0.465 e. The fourth-order valence-corrected chi connectivity index (χ4v) is 5.06. The zero-order chi connectivity index (χ0) is 25.8. The van der Waals surface area contributed by atoms with Crippen LogP contribution in [-0.4, -0.2) is 30.3 Å². The van der Waals surface area contributed by atoms with Gasteiger partial charge in [-0.25, -0.2) is 9.78 Å². The van der Waals surface area contributed by atoms with Crippen molar-refractivity contribution >= 4 is 16.7 Å². The maximum atomic E-state index is 12.2. The van der Waals surface area contributed by atoms with Crippen LogP contribution in [0.15, 0.2) is 65.1 Å². The average molecular weight is 500 g/mol. The molecule has 0 bridgehead atoms. The number of hydrogen-bond acceptors (Lipinski definition) is 6. The van der Waals surface area contributed by atoms with Crippen LogP contribution in [0.3, 0.4) is 0 Å². The Morgan fingerprint density at radius 3 is 2.49 bits per heavy atom. The quantitative estimate of drug-likeness (QED) is 0.245. The molecular formula is C31H33NO5. The van der Waals surface area contributed by atoms with Gasteiger partial charge < -0.3 is 18.6 Å². The van der Waals surface area contributed by atoms with Crippen LogP contribution in [-0.2, 0) is 27.4 Å². The van der Waals surface area contributed by atoms with Gasteiger partial charge in [0.15, 0.2) is 0 Å². The van der Waals surface area contributed by atoms with Crippen LogP contribution in [0.25, 0.3) is 22.2 Å². The molecule has 192 valence electrons. The molecule has 1 aliphatic carbocycles. The number of aryl methyl sites for hydroxylation is 2. The molecule has 1 unspecified atom stereocenters. The second-order valence-corrected chi connectivity index (χ2v) is 9.72. The van der Waals surface area contributed by atoms with Crippen LogP contribution in [0.2, 0.25) is 0 Å². The van der Waals surface area contributed by atoms with E-state index in [1.165, 1.54) is 12.5 Å². The molecule has 1 saturated carbocycles. The summed E-state index contributed by atoms with van der Waals surface area (Å²) in [5, 5.41) is 2.35. The van der Waals surface area contributed by atoms with Crippen LogP contribution in [0, 0.1) is 13.8 Å². The summed E-state index contributed by atoms with van der Waals surface area (Å²) in [6, 6.07) is 20.3. The summed E-state index contributed by atoms with van der Waals surface area (Å²) in [6.45, 7) is 4.63. The monoisotopic (exact) mass is 499 g/mol. The predicted molar refractivity (Wildman–Crippen MR) is 142 cm³/mol. The first-order chi connectivity index (χ1) is 18.0. The lowest BCUT2D eigenvalue weighted by Gasteiger charge is -2.29. The molecule has 0 saturated heterocycles. The number of rotatable bonds is 8. The summed E-state index contributed by atoms with van der Waals surface area (Å²) in [7, 11) is 1.41. The van der Waals surface area contributed by atoms with Gasteiger partial charge in [-0.2, -0.15) is 0 Å². The van der Waals surface area contributed by atoms with Crippen molar-refractivity contribution in [1.82, 2.24) is 4.98 Å². The van der Waals surface area contributed by atoms with E-state index in [0.29, 0.717) is 24.7 Å². The van der Waals surface area contributed by atoms with Crippen molar-refractivity contribution in [1.29, 1.82) is 0 Å². The Hall–Kier alpha value is -3.48. The smallest absolute Gasteiger partial charge is 0.338 e. The fourth-order valence-electron chi connectivity index (χ4n) is 5.06. The van der Waals surface area contributed by atoms with E-state index in [9.17, 15) is 4.79 Å². The number of carbonyl (C=O) groups excluding carboxylic acids is 1. The molecule has 1 fully saturated rings. The van der Waals surface area contributed by atoms with Crippen molar-refractivity contribution in [3.63, 3.8) is 0 Å². The second kappa shape index (κ2) is 11.3. The molecule has 6 nitrogen and oxygen atoms in total. The van der Waals surface area contributed by atoms with Crippen LogP contribution < -0.4 is 0 Å². The molecule has 1 aromatic heterocycles. The summed E-state index contributed by atoms with van der Waals surface area (Å²) in [5.74, 6) is 1.07. The van der Waals surface area contributed by atoms with Crippen molar-refractivity contribution in [3.05, 3.63) is 88.8 Å². The van der Waals surface area contributed by atoms with Crippen LogP contribution in [0.4, 0.5) is 0 Å². The molecule has 0 amide bonds. The third-order valence-corrected chi connectivity index (χ3v) is 7.15. The SMILES string of the molecule is COC(=O)c1c(C)cccc1COC1CCC[C@H](OCc2nc(-c3ccc4ccccc4c3)oc2C)C1. The highest BCUT2D eigenvalue weighted by Crippen LogP contribution is 2.29. The molecule has 2 atom stereocenters. The maximum Gasteiger partial charge on any atom is 0.338 e. The van der Waals surface area contributed by atoms with E-state index < -0.39 is 0 Å². The standard InChI is InChI=1S/C31H33NO5/c1-20-8-6-11-25(29(20)31(33)34-3)18-35-26-12-7-13-27(17-26)36-19-28-21(2)37-30(32-28)24-15-14-22-9-4-5-10-23(22)16-24/h4-6,8-11,14-16,26-27H,7,12-13,17-19H2,1-3H3/t26?,27-/m0/s1. The van der Waals surface area contributed by atoms with Crippen molar-refractivity contribution in [2.45, 2.75) is 65.0 Å². The molecule has 0 spiro atoms. The maximum absolute atomic E-state index is 12.2. The van der Waals surface area contributed by atoms with Gasteiger partial charge in [0, 0.05) is 5.56 Å². The van der Waals surface area contributed by atoms with Gasteiger partial charge in [0.05, 0.1) is 38.1 Å². The van der Waals surface area contributed by atoms with Gasteiger partial charge >= 0.3 is 5.97 Å². The van der Waals surface area contributed by atoms with Gasteiger partial charge in [-0.15, -0.1) is 0 Å². The van der Waals surface area contributed by atoms with Crippen LogP contribution in [0.5, 0.6) is 0 Å². The van der Waals surface area contributed by atoms with E-state index >= 15 is 0 Å². The lowest BCUT2D eigenvalue weighted by molar-refractivity contribution is -0.0564. The first-order valence-electron chi connectivity index (χ1n) is 12.9. The Balaban J connectivity index is 1.19. The Morgan fingerprint density at radius 1 is 0.946 bits per heavy atom. The Bertz CT molecular complexity index is 1390. The third-order valence-electron chi connectivity index (χ3n) is 7.15. The number of nitrogens with zero attached hydrogens (tertiary/aromatic N) is 1. The van der Waals surface area contributed by atoms with Crippen molar-refractivity contribution in [2.75, 3.05) is 7.11 Å². The lowest BCUT2D eigenvalue weighted by atomic mass is 9.94. The second-order valence-electron chi connectivity index (χ2n) is 9.72.